The molecular formula is C15H19FO. The van der Waals surface area contributed by atoms with Crippen molar-refractivity contribution in [2.45, 2.75) is 45.4 Å². The van der Waals surface area contributed by atoms with Gasteiger partial charge in [0, 0.05) is 12.8 Å². The van der Waals surface area contributed by atoms with Gasteiger partial charge in [0.15, 0.2) is 0 Å². The molecule has 0 N–H and O–H groups in total. The largest absolute Gasteiger partial charge is 0.300 e. The zero-order valence-corrected chi connectivity index (χ0v) is 10.3. The van der Waals surface area contributed by atoms with Gasteiger partial charge in [-0.2, -0.15) is 0 Å². The summed E-state index contributed by atoms with van der Waals surface area (Å²) in [4.78, 5) is 11.6. The summed E-state index contributed by atoms with van der Waals surface area (Å²) in [6.07, 6.45) is 5.51. The molecule has 0 radical (unpaired) electrons. The fourth-order valence-electron chi connectivity index (χ4n) is 2.63. The van der Waals surface area contributed by atoms with Crippen molar-refractivity contribution in [3.63, 3.8) is 0 Å². The van der Waals surface area contributed by atoms with E-state index in [9.17, 15) is 9.18 Å². The van der Waals surface area contributed by atoms with Crippen molar-refractivity contribution in [3.8, 4) is 0 Å². The van der Waals surface area contributed by atoms with Gasteiger partial charge in [0.1, 0.15) is 11.6 Å². The van der Waals surface area contributed by atoms with E-state index >= 15 is 0 Å². The minimum absolute atomic E-state index is 0.175. The molecule has 0 amide bonds. The van der Waals surface area contributed by atoms with E-state index in [-0.39, 0.29) is 5.82 Å². The maximum atomic E-state index is 13.2. The number of halogens is 1. The molecule has 1 aliphatic rings. The average Bonchev–Trinajstić information content (AvgIpc) is 2.48. The van der Waals surface area contributed by atoms with E-state index in [4.69, 9.17) is 0 Å². The molecule has 1 saturated carbocycles. The van der Waals surface area contributed by atoms with Crippen LogP contribution in [0.4, 0.5) is 4.39 Å². The fraction of sp³-hybridized carbons (Fsp3) is 0.533. The van der Waals surface area contributed by atoms with E-state index in [1.165, 1.54) is 6.07 Å². The van der Waals surface area contributed by atoms with Crippen LogP contribution in [0, 0.1) is 18.7 Å². The third kappa shape index (κ3) is 3.39. The molecule has 1 aromatic rings. The molecule has 0 bridgehead atoms. The molecule has 92 valence electrons. The van der Waals surface area contributed by atoms with E-state index in [0.717, 1.165) is 43.2 Å². The summed E-state index contributed by atoms with van der Waals surface area (Å²) in [6.45, 7) is 2.01. The van der Waals surface area contributed by atoms with Gasteiger partial charge in [0.2, 0.25) is 0 Å². The number of rotatable bonds is 2. The molecule has 1 unspecified atom stereocenters. The number of hydrogen-bond donors (Lipinski definition) is 0. The molecule has 2 rings (SSSR count). The normalized spacial score (nSPS) is 21.3. The van der Waals surface area contributed by atoms with Crippen LogP contribution in [0.3, 0.4) is 0 Å². The van der Waals surface area contributed by atoms with Gasteiger partial charge in [-0.1, -0.05) is 12.5 Å². The quantitative estimate of drug-likeness (QED) is 0.711. The molecule has 0 aliphatic heterocycles. The molecule has 0 heterocycles. The van der Waals surface area contributed by atoms with Crippen molar-refractivity contribution in [1.29, 1.82) is 0 Å². The molecule has 1 atom stereocenters. The lowest BCUT2D eigenvalue weighted by molar-refractivity contribution is -0.119. The summed E-state index contributed by atoms with van der Waals surface area (Å²) in [5.41, 5.74) is 2.19. The molecule has 1 nitrogen and oxygen atoms in total. The number of aryl methyl sites for hydroxylation is 1. The van der Waals surface area contributed by atoms with Gasteiger partial charge in [0.25, 0.3) is 0 Å². The number of carbonyl (C=O) groups is 1. The first kappa shape index (κ1) is 12.3. The predicted octanol–water partition coefficient (Wildman–Crippen LogP) is 3.83. The Morgan fingerprint density at radius 2 is 2.18 bits per heavy atom. The van der Waals surface area contributed by atoms with Crippen molar-refractivity contribution in [2.75, 3.05) is 0 Å². The van der Waals surface area contributed by atoms with Gasteiger partial charge in [-0.3, -0.25) is 4.79 Å². The van der Waals surface area contributed by atoms with E-state index in [1.54, 1.807) is 6.07 Å². The third-order valence-electron chi connectivity index (χ3n) is 3.65. The maximum Gasteiger partial charge on any atom is 0.133 e. The Labute approximate surface area is 102 Å². The van der Waals surface area contributed by atoms with Crippen LogP contribution in [0.2, 0.25) is 0 Å². The highest BCUT2D eigenvalue weighted by Crippen LogP contribution is 2.25. The summed E-state index contributed by atoms with van der Waals surface area (Å²) < 4.78 is 13.2. The second-order valence-electron chi connectivity index (χ2n) is 5.13. The Morgan fingerprint density at radius 1 is 1.35 bits per heavy atom. The van der Waals surface area contributed by atoms with Crippen LogP contribution in [0.1, 0.15) is 43.2 Å². The molecule has 0 spiro atoms. The smallest absolute Gasteiger partial charge is 0.133 e. The van der Waals surface area contributed by atoms with Crippen molar-refractivity contribution in [1.82, 2.24) is 0 Å². The molecule has 1 fully saturated rings. The van der Waals surface area contributed by atoms with Gasteiger partial charge in [-0.05, 0) is 55.4 Å². The third-order valence-corrected chi connectivity index (χ3v) is 3.65. The van der Waals surface area contributed by atoms with Gasteiger partial charge < -0.3 is 0 Å². The Hall–Kier alpha value is -1.18. The van der Waals surface area contributed by atoms with Gasteiger partial charge in [0.05, 0.1) is 0 Å². The summed E-state index contributed by atoms with van der Waals surface area (Å²) >= 11 is 0. The molecule has 1 aromatic carbocycles. The standard InChI is InChI=1S/C15H19FO/c1-11-6-7-14(16)10-13(11)8-12-4-2-3-5-15(17)9-12/h6-7,10,12H,2-5,8-9H2,1H3. The summed E-state index contributed by atoms with van der Waals surface area (Å²) in [6, 6.07) is 4.94. The fourth-order valence-corrected chi connectivity index (χ4v) is 2.63. The Bertz CT molecular complexity index is 411. The summed E-state index contributed by atoms with van der Waals surface area (Å²) in [7, 11) is 0. The van der Waals surface area contributed by atoms with E-state index in [2.05, 4.69) is 0 Å². The second-order valence-corrected chi connectivity index (χ2v) is 5.13. The van der Waals surface area contributed by atoms with Crippen molar-refractivity contribution >= 4 is 5.78 Å². The Balaban J connectivity index is 2.08. The monoisotopic (exact) mass is 234 g/mol. The zero-order chi connectivity index (χ0) is 12.3. The van der Waals surface area contributed by atoms with Crippen molar-refractivity contribution < 1.29 is 9.18 Å². The molecular weight excluding hydrogens is 215 g/mol. The number of Topliss-reactive ketones (excluding diaryl/α,β-unsaturated/α-hetero) is 1. The van der Waals surface area contributed by atoms with Crippen LogP contribution < -0.4 is 0 Å². The van der Waals surface area contributed by atoms with E-state index in [1.807, 2.05) is 13.0 Å². The predicted molar refractivity (Wildman–Crippen MR) is 66.4 cm³/mol. The number of ketones is 1. The number of benzene rings is 1. The summed E-state index contributed by atoms with van der Waals surface area (Å²) in [5, 5.41) is 0. The summed E-state index contributed by atoms with van der Waals surface area (Å²) in [5.74, 6) is 0.609. The highest BCUT2D eigenvalue weighted by atomic mass is 19.1. The number of carbonyl (C=O) groups excluding carboxylic acids is 1. The van der Waals surface area contributed by atoms with Gasteiger partial charge >= 0.3 is 0 Å². The van der Waals surface area contributed by atoms with Crippen LogP contribution in [0.25, 0.3) is 0 Å². The molecule has 0 aromatic heterocycles. The van der Waals surface area contributed by atoms with Crippen LogP contribution in [-0.4, -0.2) is 5.78 Å². The van der Waals surface area contributed by atoms with Crippen LogP contribution in [-0.2, 0) is 11.2 Å². The second kappa shape index (κ2) is 5.44. The minimum Gasteiger partial charge on any atom is -0.300 e. The van der Waals surface area contributed by atoms with E-state index < -0.39 is 0 Å². The highest BCUT2D eigenvalue weighted by molar-refractivity contribution is 5.78. The lowest BCUT2D eigenvalue weighted by Gasteiger charge is -2.15. The Morgan fingerprint density at radius 3 is 3.00 bits per heavy atom. The SMILES string of the molecule is Cc1ccc(F)cc1CC1CCCCC(=O)C1. The van der Waals surface area contributed by atoms with Crippen molar-refractivity contribution in [3.05, 3.63) is 35.1 Å². The van der Waals surface area contributed by atoms with Crippen molar-refractivity contribution in [2.24, 2.45) is 5.92 Å². The van der Waals surface area contributed by atoms with Crippen LogP contribution in [0.15, 0.2) is 18.2 Å². The number of hydrogen-bond acceptors (Lipinski definition) is 1. The van der Waals surface area contributed by atoms with Gasteiger partial charge in [-0.25, -0.2) is 4.39 Å². The molecule has 2 heteroatoms. The lowest BCUT2D eigenvalue weighted by atomic mass is 9.90. The Kier molecular flexibility index (Phi) is 3.93. The first-order chi connectivity index (χ1) is 8.15. The molecule has 1 aliphatic carbocycles. The van der Waals surface area contributed by atoms with Crippen LogP contribution >= 0.6 is 0 Å². The first-order valence-corrected chi connectivity index (χ1v) is 6.42. The van der Waals surface area contributed by atoms with Gasteiger partial charge in [-0.15, -0.1) is 0 Å². The lowest BCUT2D eigenvalue weighted by Crippen LogP contribution is -2.09. The van der Waals surface area contributed by atoms with Crippen LogP contribution in [0.5, 0.6) is 0 Å². The maximum absolute atomic E-state index is 13.2. The molecule has 0 saturated heterocycles. The average molecular weight is 234 g/mol. The first-order valence-electron chi connectivity index (χ1n) is 6.42. The highest BCUT2D eigenvalue weighted by Gasteiger charge is 2.18. The zero-order valence-electron chi connectivity index (χ0n) is 10.3. The molecule has 17 heavy (non-hydrogen) atoms. The topological polar surface area (TPSA) is 17.1 Å². The minimum atomic E-state index is -0.175. The van der Waals surface area contributed by atoms with E-state index in [0.29, 0.717) is 18.1 Å².